The Morgan fingerprint density at radius 1 is 1.38 bits per heavy atom. The Morgan fingerprint density at radius 2 is 2.31 bits per heavy atom. The maximum Gasteiger partial charge on any atom is 0.137 e. The van der Waals surface area contributed by atoms with E-state index in [1.54, 1.807) is 18.5 Å². The SMILES string of the molecule is OC(c1ccccn1)c1cnc[nH]1. The second-order valence-electron chi connectivity index (χ2n) is 2.66. The summed E-state index contributed by atoms with van der Waals surface area (Å²) in [5, 5.41) is 9.75. The third kappa shape index (κ3) is 1.57. The molecule has 0 aliphatic carbocycles. The quantitative estimate of drug-likeness (QED) is 0.712. The lowest BCUT2D eigenvalue weighted by Crippen LogP contribution is -2.01. The normalized spacial score (nSPS) is 12.7. The van der Waals surface area contributed by atoms with E-state index in [2.05, 4.69) is 15.0 Å². The number of imidazole rings is 1. The average Bonchev–Trinajstić information content (AvgIpc) is 2.71. The van der Waals surface area contributed by atoms with Crippen LogP contribution >= 0.6 is 0 Å². The molecule has 0 saturated carbocycles. The fourth-order valence-corrected chi connectivity index (χ4v) is 1.11. The van der Waals surface area contributed by atoms with Crippen LogP contribution in [0.5, 0.6) is 0 Å². The highest BCUT2D eigenvalue weighted by Crippen LogP contribution is 2.16. The van der Waals surface area contributed by atoms with Crippen molar-refractivity contribution in [2.45, 2.75) is 6.10 Å². The van der Waals surface area contributed by atoms with E-state index in [9.17, 15) is 5.11 Å². The molecule has 2 aromatic rings. The predicted molar refractivity (Wildman–Crippen MR) is 46.9 cm³/mol. The number of aromatic nitrogens is 3. The summed E-state index contributed by atoms with van der Waals surface area (Å²) in [4.78, 5) is 10.7. The summed E-state index contributed by atoms with van der Waals surface area (Å²) in [6.07, 6.45) is 4.04. The molecule has 2 N–H and O–H groups in total. The van der Waals surface area contributed by atoms with Gasteiger partial charge >= 0.3 is 0 Å². The topological polar surface area (TPSA) is 61.8 Å². The van der Waals surface area contributed by atoms with Crippen LogP contribution in [0, 0.1) is 0 Å². The first-order chi connectivity index (χ1) is 6.38. The van der Waals surface area contributed by atoms with E-state index in [0.717, 1.165) is 0 Å². The number of pyridine rings is 1. The average molecular weight is 175 g/mol. The number of rotatable bonds is 2. The zero-order valence-electron chi connectivity index (χ0n) is 6.88. The molecular formula is C9H9N3O. The van der Waals surface area contributed by atoms with Crippen molar-refractivity contribution in [3.63, 3.8) is 0 Å². The Morgan fingerprint density at radius 3 is 2.92 bits per heavy atom. The van der Waals surface area contributed by atoms with Gasteiger partial charge < -0.3 is 10.1 Å². The highest BCUT2D eigenvalue weighted by Gasteiger charge is 2.11. The number of H-pyrrole nitrogens is 1. The third-order valence-electron chi connectivity index (χ3n) is 1.78. The lowest BCUT2D eigenvalue weighted by Gasteiger charge is -2.06. The highest BCUT2D eigenvalue weighted by molar-refractivity contribution is 5.16. The second kappa shape index (κ2) is 3.37. The van der Waals surface area contributed by atoms with Gasteiger partial charge in [0.25, 0.3) is 0 Å². The van der Waals surface area contributed by atoms with Crippen LogP contribution in [0.15, 0.2) is 36.9 Å². The number of aliphatic hydroxyl groups is 1. The molecule has 0 aromatic carbocycles. The molecule has 13 heavy (non-hydrogen) atoms. The second-order valence-corrected chi connectivity index (χ2v) is 2.66. The van der Waals surface area contributed by atoms with Gasteiger partial charge in [-0.15, -0.1) is 0 Å². The Kier molecular flexibility index (Phi) is 2.06. The first-order valence-corrected chi connectivity index (χ1v) is 3.95. The summed E-state index contributed by atoms with van der Waals surface area (Å²) in [5.74, 6) is 0. The maximum absolute atomic E-state index is 9.75. The van der Waals surface area contributed by atoms with Crippen LogP contribution in [0.3, 0.4) is 0 Å². The standard InChI is InChI=1S/C9H9N3O/c13-9(8-5-10-6-12-8)7-3-1-2-4-11-7/h1-6,9,13H,(H,10,12). The zero-order chi connectivity index (χ0) is 9.10. The molecule has 0 aliphatic heterocycles. The van der Waals surface area contributed by atoms with Crippen LogP contribution in [0.2, 0.25) is 0 Å². The lowest BCUT2D eigenvalue weighted by atomic mass is 10.2. The van der Waals surface area contributed by atoms with Crippen LogP contribution < -0.4 is 0 Å². The molecule has 4 nitrogen and oxygen atoms in total. The third-order valence-corrected chi connectivity index (χ3v) is 1.78. The summed E-state index contributed by atoms with van der Waals surface area (Å²) in [7, 11) is 0. The van der Waals surface area contributed by atoms with Crippen LogP contribution in [0.25, 0.3) is 0 Å². The molecule has 0 bridgehead atoms. The van der Waals surface area contributed by atoms with E-state index in [0.29, 0.717) is 11.4 Å². The summed E-state index contributed by atoms with van der Waals surface area (Å²) in [5.41, 5.74) is 1.27. The van der Waals surface area contributed by atoms with Crippen molar-refractivity contribution in [1.29, 1.82) is 0 Å². The van der Waals surface area contributed by atoms with Gasteiger partial charge in [0.1, 0.15) is 6.10 Å². The molecule has 0 fully saturated rings. The van der Waals surface area contributed by atoms with Crippen molar-refractivity contribution < 1.29 is 5.11 Å². The van der Waals surface area contributed by atoms with Crippen LogP contribution in [0.1, 0.15) is 17.5 Å². The van der Waals surface area contributed by atoms with Crippen molar-refractivity contribution in [2.75, 3.05) is 0 Å². The minimum atomic E-state index is -0.719. The molecule has 0 aliphatic rings. The maximum atomic E-state index is 9.75. The van der Waals surface area contributed by atoms with Gasteiger partial charge in [0.2, 0.25) is 0 Å². The molecule has 2 heterocycles. The first kappa shape index (κ1) is 7.94. The number of hydrogen-bond donors (Lipinski definition) is 2. The largest absolute Gasteiger partial charge is 0.380 e. The molecule has 2 rings (SSSR count). The van der Waals surface area contributed by atoms with Gasteiger partial charge in [-0.3, -0.25) is 4.98 Å². The molecule has 4 heteroatoms. The number of nitrogens with one attached hydrogen (secondary N) is 1. The van der Waals surface area contributed by atoms with E-state index in [1.165, 1.54) is 6.33 Å². The van der Waals surface area contributed by atoms with Gasteiger partial charge in [-0.2, -0.15) is 0 Å². The first-order valence-electron chi connectivity index (χ1n) is 3.95. The minimum Gasteiger partial charge on any atom is -0.380 e. The Bertz CT molecular complexity index is 358. The highest BCUT2D eigenvalue weighted by atomic mass is 16.3. The van der Waals surface area contributed by atoms with Crippen molar-refractivity contribution in [3.05, 3.63) is 48.3 Å². The summed E-state index contributed by atoms with van der Waals surface area (Å²) in [6, 6.07) is 5.41. The summed E-state index contributed by atoms with van der Waals surface area (Å²) >= 11 is 0. The smallest absolute Gasteiger partial charge is 0.137 e. The molecule has 2 aromatic heterocycles. The van der Waals surface area contributed by atoms with Crippen LogP contribution in [-0.2, 0) is 0 Å². The molecular weight excluding hydrogens is 166 g/mol. The lowest BCUT2D eigenvalue weighted by molar-refractivity contribution is 0.211. The Labute approximate surface area is 75.3 Å². The Balaban J connectivity index is 2.29. The number of hydrogen-bond acceptors (Lipinski definition) is 3. The number of aliphatic hydroxyl groups excluding tert-OH is 1. The molecule has 66 valence electrons. The fourth-order valence-electron chi connectivity index (χ4n) is 1.11. The van der Waals surface area contributed by atoms with Crippen LogP contribution in [0.4, 0.5) is 0 Å². The Hall–Kier alpha value is -1.68. The van der Waals surface area contributed by atoms with Gasteiger partial charge in [-0.1, -0.05) is 6.07 Å². The van der Waals surface area contributed by atoms with Crippen LogP contribution in [-0.4, -0.2) is 20.1 Å². The number of nitrogens with zero attached hydrogens (tertiary/aromatic N) is 2. The molecule has 0 saturated heterocycles. The van der Waals surface area contributed by atoms with E-state index >= 15 is 0 Å². The molecule has 0 radical (unpaired) electrons. The fraction of sp³-hybridized carbons (Fsp3) is 0.111. The zero-order valence-corrected chi connectivity index (χ0v) is 6.88. The summed E-state index contributed by atoms with van der Waals surface area (Å²) in [6.45, 7) is 0. The van der Waals surface area contributed by atoms with Crippen molar-refractivity contribution >= 4 is 0 Å². The van der Waals surface area contributed by atoms with E-state index in [-0.39, 0.29) is 0 Å². The minimum absolute atomic E-state index is 0.617. The van der Waals surface area contributed by atoms with E-state index < -0.39 is 6.10 Å². The van der Waals surface area contributed by atoms with Gasteiger partial charge in [0.05, 0.1) is 23.9 Å². The monoisotopic (exact) mass is 175 g/mol. The molecule has 1 atom stereocenters. The van der Waals surface area contributed by atoms with Gasteiger partial charge in [-0.25, -0.2) is 4.98 Å². The van der Waals surface area contributed by atoms with Crippen molar-refractivity contribution in [1.82, 2.24) is 15.0 Å². The van der Waals surface area contributed by atoms with Gasteiger partial charge in [0, 0.05) is 6.20 Å². The van der Waals surface area contributed by atoms with Gasteiger partial charge in [0.15, 0.2) is 0 Å². The molecule has 1 unspecified atom stereocenters. The molecule has 0 spiro atoms. The predicted octanol–water partition coefficient (Wildman–Crippen LogP) is 0.886. The van der Waals surface area contributed by atoms with E-state index in [4.69, 9.17) is 0 Å². The number of aromatic amines is 1. The molecule has 0 amide bonds. The van der Waals surface area contributed by atoms with Crippen molar-refractivity contribution in [2.24, 2.45) is 0 Å². The van der Waals surface area contributed by atoms with Crippen molar-refractivity contribution in [3.8, 4) is 0 Å². The van der Waals surface area contributed by atoms with Gasteiger partial charge in [-0.05, 0) is 12.1 Å². The summed E-state index contributed by atoms with van der Waals surface area (Å²) < 4.78 is 0. The van der Waals surface area contributed by atoms with E-state index in [1.807, 2.05) is 12.1 Å².